The quantitative estimate of drug-likeness (QED) is 0.833. The molecule has 1 atom stereocenters. The van der Waals surface area contributed by atoms with Crippen molar-refractivity contribution < 1.29 is 9.84 Å². The van der Waals surface area contributed by atoms with Crippen molar-refractivity contribution >= 4 is 11.6 Å². The van der Waals surface area contributed by atoms with Crippen molar-refractivity contribution in [2.75, 3.05) is 27.2 Å². The average molecular weight is 230 g/mol. The van der Waals surface area contributed by atoms with Crippen LogP contribution in [0, 0.1) is 0 Å². The molecule has 0 aromatic heterocycles. The number of aliphatic hydroxyl groups is 1. The van der Waals surface area contributed by atoms with Gasteiger partial charge in [0.2, 0.25) is 0 Å². The molecular formula is C11H16ClNO2. The Morgan fingerprint density at radius 3 is 2.67 bits per heavy atom. The van der Waals surface area contributed by atoms with E-state index in [4.69, 9.17) is 16.3 Å². The molecule has 1 N–H and O–H groups in total. The first kappa shape index (κ1) is 12.3. The van der Waals surface area contributed by atoms with Gasteiger partial charge in [0.05, 0.1) is 5.02 Å². The van der Waals surface area contributed by atoms with Crippen LogP contribution >= 0.6 is 11.6 Å². The monoisotopic (exact) mass is 229 g/mol. The minimum absolute atomic E-state index is 0.252. The fourth-order valence-corrected chi connectivity index (χ4v) is 1.41. The number of likely N-dealkylation sites (N-methyl/N-ethyl adjacent to an activating group) is 1. The number of hydrogen-bond donors (Lipinski definition) is 1. The lowest BCUT2D eigenvalue weighted by molar-refractivity contribution is 0.0831. The van der Waals surface area contributed by atoms with E-state index in [2.05, 4.69) is 0 Å². The van der Waals surface area contributed by atoms with E-state index in [0.29, 0.717) is 17.3 Å². The molecule has 15 heavy (non-hydrogen) atoms. The Labute approximate surface area is 95.2 Å². The Balaban J connectivity index is 2.40. The van der Waals surface area contributed by atoms with Gasteiger partial charge in [-0.15, -0.1) is 0 Å². The highest BCUT2D eigenvalue weighted by atomic mass is 35.5. The van der Waals surface area contributed by atoms with Crippen LogP contribution in [0.25, 0.3) is 0 Å². The van der Waals surface area contributed by atoms with Gasteiger partial charge in [0.25, 0.3) is 0 Å². The topological polar surface area (TPSA) is 32.7 Å². The Bertz CT molecular complexity index is 304. The van der Waals surface area contributed by atoms with Crippen LogP contribution in [0.5, 0.6) is 5.75 Å². The Morgan fingerprint density at radius 2 is 2.07 bits per heavy atom. The Morgan fingerprint density at radius 1 is 1.40 bits per heavy atom. The standard InChI is InChI=1S/C11H16ClNO2/c1-13(2)7-9(14)8-15-11-6-4-3-5-10(11)12/h3-6,9,14H,7-8H2,1-2H3/t9-/m0/s1. The summed E-state index contributed by atoms with van der Waals surface area (Å²) in [5.74, 6) is 0.608. The summed E-state index contributed by atoms with van der Waals surface area (Å²) in [6.45, 7) is 0.826. The van der Waals surface area contributed by atoms with Gasteiger partial charge in [-0.1, -0.05) is 23.7 Å². The van der Waals surface area contributed by atoms with Gasteiger partial charge in [0, 0.05) is 6.54 Å². The number of ether oxygens (including phenoxy) is 1. The van der Waals surface area contributed by atoms with Gasteiger partial charge >= 0.3 is 0 Å². The lowest BCUT2D eigenvalue weighted by atomic mass is 10.3. The van der Waals surface area contributed by atoms with Crippen LogP contribution in [0.3, 0.4) is 0 Å². The highest BCUT2D eigenvalue weighted by molar-refractivity contribution is 6.32. The van der Waals surface area contributed by atoms with Gasteiger partial charge in [-0.3, -0.25) is 0 Å². The molecule has 0 aliphatic carbocycles. The summed E-state index contributed by atoms with van der Waals surface area (Å²) in [6, 6.07) is 7.23. The molecule has 84 valence electrons. The summed E-state index contributed by atoms with van der Waals surface area (Å²) >= 11 is 5.90. The van der Waals surface area contributed by atoms with Crippen LogP contribution in [-0.2, 0) is 0 Å². The predicted octanol–water partition coefficient (Wildman–Crippen LogP) is 1.64. The third kappa shape index (κ3) is 4.51. The minimum atomic E-state index is -0.503. The van der Waals surface area contributed by atoms with E-state index in [-0.39, 0.29) is 6.61 Å². The maximum absolute atomic E-state index is 9.56. The fourth-order valence-electron chi connectivity index (χ4n) is 1.22. The molecule has 0 spiro atoms. The number of para-hydroxylation sites is 1. The number of halogens is 1. The van der Waals surface area contributed by atoms with E-state index in [0.717, 1.165) is 0 Å². The molecule has 1 aromatic rings. The lowest BCUT2D eigenvalue weighted by Gasteiger charge is -2.16. The molecule has 1 aromatic carbocycles. The van der Waals surface area contributed by atoms with Crippen molar-refractivity contribution in [3.8, 4) is 5.75 Å². The van der Waals surface area contributed by atoms with Crippen LogP contribution < -0.4 is 4.74 Å². The van der Waals surface area contributed by atoms with E-state index >= 15 is 0 Å². The van der Waals surface area contributed by atoms with Crippen LogP contribution in [-0.4, -0.2) is 43.4 Å². The minimum Gasteiger partial charge on any atom is -0.489 e. The molecule has 0 amide bonds. The maximum Gasteiger partial charge on any atom is 0.138 e. The lowest BCUT2D eigenvalue weighted by Crippen LogP contribution is -2.30. The molecule has 0 saturated carbocycles. The zero-order chi connectivity index (χ0) is 11.3. The number of nitrogens with zero attached hydrogens (tertiary/aromatic N) is 1. The average Bonchev–Trinajstić information content (AvgIpc) is 2.15. The number of rotatable bonds is 5. The van der Waals surface area contributed by atoms with Gasteiger partial charge in [-0.05, 0) is 26.2 Å². The number of hydrogen-bond acceptors (Lipinski definition) is 3. The third-order valence-electron chi connectivity index (χ3n) is 1.84. The molecule has 0 radical (unpaired) electrons. The first-order chi connectivity index (χ1) is 7.09. The van der Waals surface area contributed by atoms with E-state index in [1.165, 1.54) is 0 Å². The van der Waals surface area contributed by atoms with Gasteiger partial charge in [0.15, 0.2) is 0 Å². The highest BCUT2D eigenvalue weighted by Crippen LogP contribution is 2.22. The first-order valence-corrected chi connectivity index (χ1v) is 5.17. The van der Waals surface area contributed by atoms with Crippen LogP contribution in [0.4, 0.5) is 0 Å². The van der Waals surface area contributed by atoms with Crippen molar-refractivity contribution in [3.63, 3.8) is 0 Å². The van der Waals surface area contributed by atoms with E-state index < -0.39 is 6.10 Å². The number of benzene rings is 1. The third-order valence-corrected chi connectivity index (χ3v) is 2.16. The summed E-state index contributed by atoms with van der Waals surface area (Å²) in [5.41, 5.74) is 0. The molecule has 0 saturated heterocycles. The van der Waals surface area contributed by atoms with Crippen molar-refractivity contribution in [3.05, 3.63) is 29.3 Å². The van der Waals surface area contributed by atoms with Gasteiger partial charge < -0.3 is 14.7 Å². The molecule has 1 rings (SSSR count). The summed E-state index contributed by atoms with van der Waals surface area (Å²) in [5, 5.41) is 10.1. The normalized spacial score (nSPS) is 12.9. The summed E-state index contributed by atoms with van der Waals surface area (Å²) in [7, 11) is 3.80. The second-order valence-corrected chi connectivity index (χ2v) is 4.06. The van der Waals surface area contributed by atoms with Crippen molar-refractivity contribution in [2.45, 2.75) is 6.10 Å². The largest absolute Gasteiger partial charge is 0.489 e. The smallest absolute Gasteiger partial charge is 0.138 e. The van der Waals surface area contributed by atoms with Crippen LogP contribution in [0.15, 0.2) is 24.3 Å². The molecule has 0 heterocycles. The second-order valence-electron chi connectivity index (χ2n) is 3.66. The first-order valence-electron chi connectivity index (χ1n) is 4.79. The maximum atomic E-state index is 9.56. The molecule has 3 nitrogen and oxygen atoms in total. The van der Waals surface area contributed by atoms with E-state index in [1.807, 2.05) is 31.1 Å². The molecule has 0 aliphatic rings. The van der Waals surface area contributed by atoms with E-state index in [9.17, 15) is 5.11 Å². The van der Waals surface area contributed by atoms with Crippen molar-refractivity contribution in [1.29, 1.82) is 0 Å². The van der Waals surface area contributed by atoms with Crippen LogP contribution in [0.2, 0.25) is 5.02 Å². The van der Waals surface area contributed by atoms with Gasteiger partial charge in [0.1, 0.15) is 18.5 Å². The second kappa shape index (κ2) is 5.95. The molecule has 0 bridgehead atoms. The van der Waals surface area contributed by atoms with E-state index in [1.54, 1.807) is 12.1 Å². The molecular weight excluding hydrogens is 214 g/mol. The predicted molar refractivity (Wildman–Crippen MR) is 61.5 cm³/mol. The highest BCUT2D eigenvalue weighted by Gasteiger charge is 2.07. The Kier molecular flexibility index (Phi) is 4.88. The fraction of sp³-hybridized carbons (Fsp3) is 0.455. The Hall–Kier alpha value is -0.770. The summed E-state index contributed by atoms with van der Waals surface area (Å²) in [4.78, 5) is 1.90. The SMILES string of the molecule is CN(C)C[C@H](O)COc1ccccc1Cl. The number of aliphatic hydroxyl groups excluding tert-OH is 1. The molecule has 0 fully saturated rings. The van der Waals surface area contributed by atoms with Crippen molar-refractivity contribution in [1.82, 2.24) is 4.90 Å². The summed E-state index contributed by atoms with van der Waals surface area (Å²) < 4.78 is 5.39. The molecule has 4 heteroatoms. The van der Waals surface area contributed by atoms with Gasteiger partial charge in [-0.25, -0.2) is 0 Å². The molecule has 0 aliphatic heterocycles. The zero-order valence-electron chi connectivity index (χ0n) is 8.98. The summed E-state index contributed by atoms with van der Waals surface area (Å²) in [6.07, 6.45) is -0.503. The van der Waals surface area contributed by atoms with Gasteiger partial charge in [-0.2, -0.15) is 0 Å². The molecule has 0 unspecified atom stereocenters. The van der Waals surface area contributed by atoms with Crippen molar-refractivity contribution in [2.24, 2.45) is 0 Å². The zero-order valence-corrected chi connectivity index (χ0v) is 9.74. The van der Waals surface area contributed by atoms with Crippen LogP contribution in [0.1, 0.15) is 0 Å².